The first kappa shape index (κ1) is 19.0. The van der Waals surface area contributed by atoms with Crippen LogP contribution in [0.1, 0.15) is 22.6 Å². The van der Waals surface area contributed by atoms with Gasteiger partial charge < -0.3 is 5.11 Å². The number of hydrogen-bond acceptors (Lipinski definition) is 5. The second-order valence-electron chi connectivity index (χ2n) is 6.57. The Morgan fingerprint density at radius 3 is 2.77 bits per heavy atom. The molecule has 4 aromatic rings. The van der Waals surface area contributed by atoms with E-state index in [-0.39, 0.29) is 28.0 Å². The summed E-state index contributed by atoms with van der Waals surface area (Å²) in [4.78, 5) is 21.9. The molecule has 0 aliphatic carbocycles. The molecule has 0 amide bonds. The SMILES string of the molecule is Cc1ncccc1-n1c(C=C(O)c2ccccc2C#N)nc2ccc(F)cc2c1=O. The predicted octanol–water partition coefficient (Wildman–Crippen LogP) is 4.16. The monoisotopic (exact) mass is 398 g/mol. The number of benzene rings is 2. The summed E-state index contributed by atoms with van der Waals surface area (Å²) in [6, 6.07) is 15.7. The molecule has 2 heterocycles. The molecular weight excluding hydrogens is 383 g/mol. The molecule has 30 heavy (non-hydrogen) atoms. The van der Waals surface area contributed by atoms with E-state index in [0.717, 1.165) is 6.07 Å². The first-order valence-electron chi connectivity index (χ1n) is 9.04. The predicted molar refractivity (Wildman–Crippen MR) is 111 cm³/mol. The lowest BCUT2D eigenvalue weighted by molar-refractivity contribution is 0.514. The minimum Gasteiger partial charge on any atom is -0.507 e. The molecule has 2 aromatic carbocycles. The number of fused-ring (bicyclic) bond motifs is 1. The molecule has 7 heteroatoms. The van der Waals surface area contributed by atoms with E-state index in [1.54, 1.807) is 49.5 Å². The van der Waals surface area contributed by atoms with Crippen LogP contribution < -0.4 is 5.56 Å². The van der Waals surface area contributed by atoms with Crippen LogP contribution >= 0.6 is 0 Å². The van der Waals surface area contributed by atoms with Gasteiger partial charge in [0.15, 0.2) is 0 Å². The van der Waals surface area contributed by atoms with Gasteiger partial charge in [-0.15, -0.1) is 0 Å². The second-order valence-corrected chi connectivity index (χ2v) is 6.57. The molecule has 0 saturated carbocycles. The van der Waals surface area contributed by atoms with E-state index in [1.165, 1.54) is 22.8 Å². The van der Waals surface area contributed by atoms with Crippen LogP contribution in [0.5, 0.6) is 0 Å². The van der Waals surface area contributed by atoms with Crippen molar-refractivity contribution in [2.24, 2.45) is 0 Å². The molecule has 0 atom stereocenters. The minimum absolute atomic E-state index is 0.104. The van der Waals surface area contributed by atoms with Gasteiger partial charge >= 0.3 is 0 Å². The van der Waals surface area contributed by atoms with E-state index in [0.29, 0.717) is 16.9 Å². The number of aryl methyl sites for hydroxylation is 1. The van der Waals surface area contributed by atoms with Gasteiger partial charge in [-0.05, 0) is 49.4 Å². The Balaban J connectivity index is 2.05. The average Bonchev–Trinajstić information content (AvgIpc) is 2.75. The zero-order valence-electron chi connectivity index (χ0n) is 15.9. The third-order valence-electron chi connectivity index (χ3n) is 4.67. The molecule has 0 spiro atoms. The van der Waals surface area contributed by atoms with Crippen LogP contribution in [-0.2, 0) is 0 Å². The fourth-order valence-corrected chi connectivity index (χ4v) is 3.22. The largest absolute Gasteiger partial charge is 0.507 e. The van der Waals surface area contributed by atoms with E-state index in [4.69, 9.17) is 0 Å². The van der Waals surface area contributed by atoms with E-state index < -0.39 is 11.4 Å². The van der Waals surface area contributed by atoms with Crippen molar-refractivity contribution in [1.29, 1.82) is 5.26 Å². The number of aliphatic hydroxyl groups excluding tert-OH is 1. The smallest absolute Gasteiger partial charge is 0.266 e. The summed E-state index contributed by atoms with van der Waals surface area (Å²) in [7, 11) is 0. The standard InChI is InChI=1S/C23H15FN4O2/c1-14-20(7-4-10-26-14)28-22(12-21(29)17-6-3-2-5-15(17)13-25)27-19-9-8-16(24)11-18(19)23(28)30/h2-12,29H,1H3. The van der Waals surface area contributed by atoms with E-state index >= 15 is 0 Å². The maximum atomic E-state index is 13.8. The highest BCUT2D eigenvalue weighted by molar-refractivity contribution is 5.82. The van der Waals surface area contributed by atoms with Gasteiger partial charge in [0.1, 0.15) is 17.4 Å². The molecule has 0 fully saturated rings. The highest BCUT2D eigenvalue weighted by Gasteiger charge is 2.16. The lowest BCUT2D eigenvalue weighted by Gasteiger charge is -2.13. The summed E-state index contributed by atoms with van der Waals surface area (Å²) in [5.41, 5.74) is 1.39. The van der Waals surface area contributed by atoms with Crippen LogP contribution in [-0.4, -0.2) is 19.6 Å². The Labute approximate surface area is 170 Å². The van der Waals surface area contributed by atoms with E-state index in [9.17, 15) is 19.6 Å². The van der Waals surface area contributed by atoms with Crippen LogP contribution in [0.25, 0.3) is 28.4 Å². The third-order valence-corrected chi connectivity index (χ3v) is 4.67. The van der Waals surface area contributed by atoms with E-state index in [1.807, 2.05) is 6.07 Å². The molecule has 0 unspecified atom stereocenters. The van der Waals surface area contributed by atoms with Gasteiger partial charge in [0.25, 0.3) is 5.56 Å². The molecule has 1 N–H and O–H groups in total. The summed E-state index contributed by atoms with van der Waals surface area (Å²) in [5.74, 6) is -0.652. The molecule has 0 aliphatic rings. The Kier molecular flexibility index (Phi) is 4.82. The number of rotatable bonds is 3. The molecule has 0 saturated heterocycles. The second kappa shape index (κ2) is 7.60. The molecule has 2 aromatic heterocycles. The molecule has 0 bridgehead atoms. The number of aliphatic hydroxyl groups is 1. The number of pyridine rings is 1. The first-order chi connectivity index (χ1) is 14.5. The van der Waals surface area contributed by atoms with Crippen molar-refractivity contribution in [3.63, 3.8) is 0 Å². The van der Waals surface area contributed by atoms with Crippen molar-refractivity contribution in [3.05, 3.63) is 99.6 Å². The highest BCUT2D eigenvalue weighted by Crippen LogP contribution is 2.22. The fourth-order valence-electron chi connectivity index (χ4n) is 3.22. The Morgan fingerprint density at radius 2 is 2.00 bits per heavy atom. The fraction of sp³-hybridized carbons (Fsp3) is 0.0435. The quantitative estimate of drug-likeness (QED) is 0.523. The maximum Gasteiger partial charge on any atom is 0.266 e. The molecule has 146 valence electrons. The van der Waals surface area contributed by atoms with Crippen molar-refractivity contribution in [1.82, 2.24) is 14.5 Å². The molecule has 4 rings (SSSR count). The number of aromatic nitrogens is 3. The Morgan fingerprint density at radius 1 is 1.20 bits per heavy atom. The zero-order chi connectivity index (χ0) is 21.3. The third kappa shape index (κ3) is 3.31. The van der Waals surface area contributed by atoms with Gasteiger partial charge in [-0.2, -0.15) is 5.26 Å². The van der Waals surface area contributed by atoms with Gasteiger partial charge in [-0.1, -0.05) is 12.1 Å². The number of nitriles is 1. The lowest BCUT2D eigenvalue weighted by atomic mass is 10.1. The van der Waals surface area contributed by atoms with Crippen molar-refractivity contribution in [3.8, 4) is 11.8 Å². The summed E-state index contributed by atoms with van der Waals surface area (Å²) < 4.78 is 15.0. The summed E-state index contributed by atoms with van der Waals surface area (Å²) in [5, 5.41) is 20.1. The number of halogens is 1. The van der Waals surface area contributed by atoms with Crippen molar-refractivity contribution >= 4 is 22.7 Å². The molecular formula is C23H15FN4O2. The Bertz CT molecular complexity index is 1420. The average molecular weight is 398 g/mol. The summed E-state index contributed by atoms with van der Waals surface area (Å²) in [6.07, 6.45) is 2.90. The van der Waals surface area contributed by atoms with Gasteiger partial charge in [0.2, 0.25) is 0 Å². The van der Waals surface area contributed by atoms with Gasteiger partial charge in [-0.3, -0.25) is 14.3 Å². The zero-order valence-corrected chi connectivity index (χ0v) is 15.9. The molecule has 0 aliphatic heterocycles. The van der Waals surface area contributed by atoms with Crippen LogP contribution in [0.3, 0.4) is 0 Å². The van der Waals surface area contributed by atoms with Gasteiger partial charge in [-0.25, -0.2) is 9.37 Å². The first-order valence-corrected chi connectivity index (χ1v) is 9.04. The normalized spacial score (nSPS) is 11.4. The topological polar surface area (TPSA) is 91.8 Å². The van der Waals surface area contributed by atoms with E-state index in [2.05, 4.69) is 9.97 Å². The van der Waals surface area contributed by atoms with Crippen molar-refractivity contribution < 1.29 is 9.50 Å². The number of hydrogen-bond donors (Lipinski definition) is 1. The van der Waals surface area contributed by atoms with Gasteiger partial charge in [0.05, 0.1) is 33.9 Å². The summed E-state index contributed by atoms with van der Waals surface area (Å²) >= 11 is 0. The summed E-state index contributed by atoms with van der Waals surface area (Å²) in [6.45, 7) is 1.73. The maximum absolute atomic E-state index is 13.8. The Hall–Kier alpha value is -4.31. The van der Waals surface area contributed by atoms with Crippen LogP contribution in [0.2, 0.25) is 0 Å². The van der Waals surface area contributed by atoms with Crippen LogP contribution in [0, 0.1) is 24.1 Å². The van der Waals surface area contributed by atoms with Crippen molar-refractivity contribution in [2.45, 2.75) is 6.92 Å². The van der Waals surface area contributed by atoms with Crippen LogP contribution in [0.4, 0.5) is 4.39 Å². The lowest BCUT2D eigenvalue weighted by Crippen LogP contribution is -2.23. The van der Waals surface area contributed by atoms with Crippen molar-refractivity contribution in [2.75, 3.05) is 0 Å². The van der Waals surface area contributed by atoms with Crippen LogP contribution in [0.15, 0.2) is 65.6 Å². The highest BCUT2D eigenvalue weighted by atomic mass is 19.1. The minimum atomic E-state index is -0.551. The molecule has 0 radical (unpaired) electrons. The number of nitrogens with zero attached hydrogens (tertiary/aromatic N) is 4. The van der Waals surface area contributed by atoms with Gasteiger partial charge in [0, 0.05) is 17.8 Å². The molecule has 6 nitrogen and oxygen atoms in total.